The lowest BCUT2D eigenvalue weighted by Gasteiger charge is -2.00. The van der Waals surface area contributed by atoms with Crippen LogP contribution in [0.2, 0.25) is 0 Å². The van der Waals surface area contributed by atoms with Gasteiger partial charge in [0, 0.05) is 11.8 Å². The maximum Gasteiger partial charge on any atom is 0.313 e. The first kappa shape index (κ1) is 16.6. The molecule has 0 aliphatic rings. The topological polar surface area (TPSA) is 126 Å². The summed E-state index contributed by atoms with van der Waals surface area (Å²) in [6.07, 6.45) is 1.81. The van der Waals surface area contributed by atoms with Gasteiger partial charge in [0.05, 0.1) is 23.3 Å². The molecule has 2 heterocycles. The quantitative estimate of drug-likeness (QED) is 0.483. The fourth-order valence-electron chi connectivity index (χ4n) is 1.59. The number of hydrogen-bond acceptors (Lipinski definition) is 8. The number of benzene rings is 1. The van der Waals surface area contributed by atoms with Crippen molar-refractivity contribution in [3.63, 3.8) is 0 Å². The summed E-state index contributed by atoms with van der Waals surface area (Å²) < 4.78 is 6.31. The van der Waals surface area contributed by atoms with Crippen LogP contribution in [0.15, 0.2) is 39.8 Å². The van der Waals surface area contributed by atoms with Gasteiger partial charge in [0.1, 0.15) is 0 Å². The van der Waals surface area contributed by atoms with Gasteiger partial charge < -0.3 is 15.9 Å². The Morgan fingerprint density at radius 3 is 2.26 bits per heavy atom. The Kier molecular flexibility index (Phi) is 5.02. The number of thiol groups is 1. The predicted octanol–water partition coefficient (Wildman–Crippen LogP) is 1.91. The van der Waals surface area contributed by atoms with E-state index in [9.17, 15) is 4.79 Å². The Morgan fingerprint density at radius 1 is 1.22 bits per heavy atom. The molecule has 4 N–H and O–H groups in total. The smallest absolute Gasteiger partial charge is 0.313 e. The van der Waals surface area contributed by atoms with Crippen LogP contribution >= 0.6 is 12.6 Å². The minimum atomic E-state index is -0.279. The number of anilines is 2. The molecule has 23 heavy (non-hydrogen) atoms. The third-order valence-electron chi connectivity index (χ3n) is 2.79. The van der Waals surface area contributed by atoms with Crippen molar-refractivity contribution in [2.75, 3.05) is 11.5 Å². The predicted molar refractivity (Wildman–Crippen MR) is 88.7 cm³/mol. The van der Waals surface area contributed by atoms with Crippen LogP contribution in [0.1, 0.15) is 23.3 Å². The molecule has 0 bridgehead atoms. The molecule has 1 aromatic carbocycles. The summed E-state index contributed by atoms with van der Waals surface area (Å²) >= 11 is 4.22. The number of ketones is 1. The van der Waals surface area contributed by atoms with E-state index < -0.39 is 0 Å². The van der Waals surface area contributed by atoms with Crippen LogP contribution in [0.3, 0.4) is 0 Å². The molecule has 0 aliphatic carbocycles. The van der Waals surface area contributed by atoms with Gasteiger partial charge in [-0.3, -0.25) is 4.79 Å². The molecule has 2 aromatic heterocycles. The molecule has 0 radical (unpaired) electrons. The van der Waals surface area contributed by atoms with E-state index >= 15 is 0 Å². The lowest BCUT2D eigenvalue weighted by molar-refractivity contribution is 0.0981. The zero-order valence-electron chi connectivity index (χ0n) is 12.6. The fraction of sp³-hybridized carbons (Fsp3) is 0.143. The first-order valence-electron chi connectivity index (χ1n) is 6.58. The highest BCUT2D eigenvalue weighted by Gasteiger charge is 2.06. The average Bonchev–Trinajstić information content (AvgIpc) is 3.07. The number of rotatable bonds is 2. The molecule has 3 aromatic rings. The number of aryl methyl sites for hydroxylation is 1. The van der Waals surface area contributed by atoms with Crippen LogP contribution in [0.25, 0.3) is 5.69 Å². The molecule has 0 aliphatic heterocycles. The van der Waals surface area contributed by atoms with Crippen LogP contribution in [0.4, 0.5) is 11.7 Å². The summed E-state index contributed by atoms with van der Waals surface area (Å²) in [6, 6.07) is 7.67. The highest BCUT2D eigenvalue weighted by molar-refractivity contribution is 7.80. The molecular formula is C14H16N6O2S. The monoisotopic (exact) mass is 332 g/mol. The highest BCUT2D eigenvalue weighted by Crippen LogP contribution is 2.15. The number of nitrogens with two attached hydrogens (primary N) is 2. The van der Waals surface area contributed by atoms with E-state index in [4.69, 9.17) is 11.5 Å². The summed E-state index contributed by atoms with van der Waals surface area (Å²) in [5, 5.41) is 10.9. The van der Waals surface area contributed by atoms with E-state index in [1.54, 1.807) is 4.68 Å². The maximum absolute atomic E-state index is 10.4. The third-order valence-corrected chi connectivity index (χ3v) is 3.09. The molecule has 0 atom stereocenters. The van der Waals surface area contributed by atoms with Gasteiger partial charge in [-0.2, -0.15) is 5.10 Å². The van der Waals surface area contributed by atoms with E-state index in [1.807, 2.05) is 37.4 Å². The van der Waals surface area contributed by atoms with E-state index in [2.05, 4.69) is 32.3 Å². The minimum Gasteiger partial charge on any atom is -0.400 e. The second-order valence-corrected chi connectivity index (χ2v) is 5.15. The average molecular weight is 332 g/mol. The second kappa shape index (κ2) is 6.97. The zero-order valence-corrected chi connectivity index (χ0v) is 13.5. The van der Waals surface area contributed by atoms with Crippen molar-refractivity contribution >= 4 is 30.1 Å². The summed E-state index contributed by atoms with van der Waals surface area (Å²) in [7, 11) is 0. The maximum atomic E-state index is 10.4. The molecule has 9 heteroatoms. The molecule has 8 nitrogen and oxygen atoms in total. The van der Waals surface area contributed by atoms with Crippen molar-refractivity contribution in [2.24, 2.45) is 0 Å². The largest absolute Gasteiger partial charge is 0.400 e. The Hall–Kier alpha value is -2.81. The zero-order chi connectivity index (χ0) is 17.0. The highest BCUT2D eigenvalue weighted by atomic mass is 32.1. The molecule has 0 unspecified atom stereocenters. The van der Waals surface area contributed by atoms with Gasteiger partial charge in [0.25, 0.3) is 5.89 Å². The summed E-state index contributed by atoms with van der Waals surface area (Å²) in [5.41, 5.74) is 13.3. The number of carbonyl (C=O) groups excluding carboxylic acids is 1. The molecule has 0 saturated heterocycles. The molecule has 0 amide bonds. The van der Waals surface area contributed by atoms with Crippen molar-refractivity contribution in [2.45, 2.75) is 18.7 Å². The first-order chi connectivity index (χ1) is 10.9. The number of carbonyl (C=O) groups is 1. The Bertz CT molecular complexity index is 790. The van der Waals surface area contributed by atoms with Gasteiger partial charge in [0.2, 0.25) is 5.78 Å². The van der Waals surface area contributed by atoms with Crippen molar-refractivity contribution in [1.82, 2.24) is 20.0 Å². The Labute approximate surface area is 137 Å². The standard InChI is InChI=1S/C10H11N3S.C4H5N3O2/c1-7-10(11)6-13(12-7)8-2-4-9(14)5-3-8;1-2(8)3-6-7-4(5)9-3/h2-6,14H,11H2,1H3;1H3,(H2,5,7). The van der Waals surface area contributed by atoms with Gasteiger partial charge in [-0.25, -0.2) is 4.68 Å². The Morgan fingerprint density at radius 2 is 1.87 bits per heavy atom. The van der Waals surface area contributed by atoms with Crippen molar-refractivity contribution in [1.29, 1.82) is 0 Å². The van der Waals surface area contributed by atoms with Gasteiger partial charge in [-0.1, -0.05) is 5.10 Å². The van der Waals surface area contributed by atoms with Gasteiger partial charge in [0.15, 0.2) is 0 Å². The summed E-state index contributed by atoms with van der Waals surface area (Å²) in [6.45, 7) is 3.21. The number of aromatic nitrogens is 4. The van der Waals surface area contributed by atoms with E-state index in [1.165, 1.54) is 6.92 Å². The number of nitrogens with zero attached hydrogens (tertiary/aromatic N) is 4. The van der Waals surface area contributed by atoms with Gasteiger partial charge in [-0.15, -0.1) is 17.7 Å². The van der Waals surface area contributed by atoms with Crippen LogP contribution in [0.5, 0.6) is 0 Å². The van der Waals surface area contributed by atoms with Crippen molar-refractivity contribution < 1.29 is 9.21 Å². The molecule has 120 valence electrons. The van der Waals surface area contributed by atoms with Gasteiger partial charge >= 0.3 is 6.01 Å². The van der Waals surface area contributed by atoms with Crippen LogP contribution in [0, 0.1) is 6.92 Å². The van der Waals surface area contributed by atoms with E-state index in [0.29, 0.717) is 5.69 Å². The number of nitrogen functional groups attached to an aromatic ring is 2. The lowest BCUT2D eigenvalue weighted by Crippen LogP contribution is -1.93. The number of hydrogen-bond donors (Lipinski definition) is 3. The van der Waals surface area contributed by atoms with E-state index in [0.717, 1.165) is 16.3 Å². The lowest BCUT2D eigenvalue weighted by atomic mass is 10.3. The third kappa shape index (κ3) is 4.33. The normalized spacial score (nSPS) is 10.0. The fourth-order valence-corrected chi connectivity index (χ4v) is 1.74. The van der Waals surface area contributed by atoms with E-state index in [-0.39, 0.29) is 17.7 Å². The number of Topliss-reactive ketones (excluding diaryl/α,β-unsaturated/α-hetero) is 1. The molecule has 3 rings (SSSR count). The van der Waals surface area contributed by atoms with Crippen molar-refractivity contribution in [3.8, 4) is 5.69 Å². The minimum absolute atomic E-state index is 0.0486. The molecule has 0 saturated carbocycles. The van der Waals surface area contributed by atoms with Crippen LogP contribution < -0.4 is 11.5 Å². The van der Waals surface area contributed by atoms with Gasteiger partial charge in [-0.05, 0) is 31.2 Å². The van der Waals surface area contributed by atoms with Crippen molar-refractivity contribution in [3.05, 3.63) is 42.0 Å². The summed E-state index contributed by atoms with van der Waals surface area (Å²) in [4.78, 5) is 11.3. The van der Waals surface area contributed by atoms with Crippen LogP contribution in [-0.4, -0.2) is 25.8 Å². The first-order valence-corrected chi connectivity index (χ1v) is 7.02. The second-order valence-electron chi connectivity index (χ2n) is 4.63. The summed E-state index contributed by atoms with van der Waals surface area (Å²) in [5.74, 6) is -0.327. The SMILES string of the molecule is CC(=O)c1nnc(N)o1.Cc1nn(-c2ccc(S)cc2)cc1N. The van der Waals surface area contributed by atoms with Crippen LogP contribution in [-0.2, 0) is 0 Å². The molecule has 0 spiro atoms. The molecule has 0 fully saturated rings. The molecular weight excluding hydrogens is 316 g/mol. The Balaban J connectivity index is 0.000000185.